The Morgan fingerprint density at radius 2 is 2.00 bits per heavy atom. The molecule has 2 aromatic carbocycles. The fraction of sp³-hybridized carbons (Fsp3) is 0.250. The molecule has 0 saturated heterocycles. The Hall–Kier alpha value is -1.78. The first-order valence-corrected chi connectivity index (χ1v) is 6.96. The van der Waals surface area contributed by atoms with Crippen LogP contribution in [-0.2, 0) is 13.0 Å². The summed E-state index contributed by atoms with van der Waals surface area (Å²) in [5.41, 5.74) is 6.99. The SMILES string of the molecule is COc1cc(CCN)ccc1OCc1cccc(Cl)c1F. The molecule has 21 heavy (non-hydrogen) atoms. The molecule has 112 valence electrons. The van der Waals surface area contributed by atoms with Crippen LogP contribution < -0.4 is 15.2 Å². The first kappa shape index (κ1) is 15.6. The zero-order valence-electron chi connectivity index (χ0n) is 11.7. The van der Waals surface area contributed by atoms with Crippen molar-refractivity contribution in [1.29, 1.82) is 0 Å². The predicted octanol–water partition coefficient (Wildman–Crippen LogP) is 3.57. The minimum Gasteiger partial charge on any atom is -0.493 e. The lowest BCUT2D eigenvalue weighted by atomic mass is 10.1. The van der Waals surface area contributed by atoms with E-state index in [0.29, 0.717) is 23.6 Å². The first-order chi connectivity index (χ1) is 10.2. The maximum atomic E-state index is 13.8. The molecule has 2 rings (SSSR count). The van der Waals surface area contributed by atoms with Crippen molar-refractivity contribution < 1.29 is 13.9 Å². The van der Waals surface area contributed by atoms with Crippen LogP contribution in [-0.4, -0.2) is 13.7 Å². The van der Waals surface area contributed by atoms with Crippen LogP contribution in [0.2, 0.25) is 5.02 Å². The van der Waals surface area contributed by atoms with E-state index in [1.54, 1.807) is 25.3 Å². The van der Waals surface area contributed by atoms with Gasteiger partial charge in [-0.2, -0.15) is 0 Å². The van der Waals surface area contributed by atoms with Gasteiger partial charge in [0.2, 0.25) is 0 Å². The average Bonchev–Trinajstić information content (AvgIpc) is 2.50. The maximum Gasteiger partial charge on any atom is 0.161 e. The van der Waals surface area contributed by atoms with E-state index in [0.717, 1.165) is 12.0 Å². The number of ether oxygens (including phenoxy) is 2. The van der Waals surface area contributed by atoms with Crippen LogP contribution in [0.1, 0.15) is 11.1 Å². The second-order valence-corrected chi connectivity index (χ2v) is 4.93. The fourth-order valence-corrected chi connectivity index (χ4v) is 2.16. The largest absolute Gasteiger partial charge is 0.493 e. The van der Waals surface area contributed by atoms with Gasteiger partial charge in [0.1, 0.15) is 12.4 Å². The molecule has 0 saturated carbocycles. The molecule has 0 aliphatic heterocycles. The lowest BCUT2D eigenvalue weighted by Gasteiger charge is -2.12. The molecule has 5 heteroatoms. The molecule has 2 N–H and O–H groups in total. The quantitative estimate of drug-likeness (QED) is 0.887. The smallest absolute Gasteiger partial charge is 0.161 e. The summed E-state index contributed by atoms with van der Waals surface area (Å²) in [7, 11) is 1.56. The monoisotopic (exact) mass is 309 g/mol. The number of hydrogen-bond donors (Lipinski definition) is 1. The fourth-order valence-electron chi connectivity index (χ4n) is 1.97. The number of methoxy groups -OCH3 is 1. The number of rotatable bonds is 6. The molecule has 0 spiro atoms. The highest BCUT2D eigenvalue weighted by atomic mass is 35.5. The summed E-state index contributed by atoms with van der Waals surface area (Å²) in [5, 5.41) is 0.0846. The van der Waals surface area contributed by atoms with E-state index in [2.05, 4.69) is 0 Å². The van der Waals surface area contributed by atoms with Crippen molar-refractivity contribution in [3.8, 4) is 11.5 Å². The molecule has 0 radical (unpaired) electrons. The molecular weight excluding hydrogens is 293 g/mol. The Balaban J connectivity index is 2.14. The molecule has 2 aromatic rings. The molecule has 0 aliphatic carbocycles. The van der Waals surface area contributed by atoms with Gasteiger partial charge in [-0.05, 0) is 36.7 Å². The Bertz CT molecular complexity index is 619. The number of nitrogens with two attached hydrogens (primary N) is 1. The highest BCUT2D eigenvalue weighted by Crippen LogP contribution is 2.29. The highest BCUT2D eigenvalue weighted by molar-refractivity contribution is 6.30. The summed E-state index contributed by atoms with van der Waals surface area (Å²) in [6.07, 6.45) is 0.763. The van der Waals surface area contributed by atoms with E-state index in [4.69, 9.17) is 26.8 Å². The Labute approximate surface area is 128 Å². The van der Waals surface area contributed by atoms with Crippen LogP contribution in [0, 0.1) is 5.82 Å². The van der Waals surface area contributed by atoms with Crippen molar-refractivity contribution in [2.75, 3.05) is 13.7 Å². The zero-order chi connectivity index (χ0) is 15.2. The second-order valence-electron chi connectivity index (χ2n) is 4.53. The minimum atomic E-state index is -0.460. The summed E-state index contributed by atoms with van der Waals surface area (Å²) in [6, 6.07) is 10.4. The van der Waals surface area contributed by atoms with E-state index >= 15 is 0 Å². The van der Waals surface area contributed by atoms with E-state index in [1.807, 2.05) is 12.1 Å². The second kappa shape index (κ2) is 7.29. The molecule has 0 unspecified atom stereocenters. The van der Waals surface area contributed by atoms with Crippen molar-refractivity contribution in [2.45, 2.75) is 13.0 Å². The van der Waals surface area contributed by atoms with Gasteiger partial charge < -0.3 is 15.2 Å². The molecule has 0 atom stereocenters. The van der Waals surface area contributed by atoms with Crippen molar-refractivity contribution in [3.63, 3.8) is 0 Å². The number of hydrogen-bond acceptors (Lipinski definition) is 3. The topological polar surface area (TPSA) is 44.5 Å². The summed E-state index contributed by atoms with van der Waals surface area (Å²) in [5.74, 6) is 0.693. The van der Waals surface area contributed by atoms with E-state index < -0.39 is 5.82 Å². The summed E-state index contributed by atoms with van der Waals surface area (Å²) in [4.78, 5) is 0. The Kier molecular flexibility index (Phi) is 5.42. The summed E-state index contributed by atoms with van der Waals surface area (Å²) >= 11 is 5.74. The van der Waals surface area contributed by atoms with Gasteiger partial charge >= 0.3 is 0 Å². The number of halogens is 2. The molecule has 0 bridgehead atoms. The standard InChI is InChI=1S/C16H17ClFNO2/c1-20-15-9-11(7-8-19)5-6-14(15)21-10-12-3-2-4-13(17)16(12)18/h2-6,9H,7-8,10,19H2,1H3. The van der Waals surface area contributed by atoms with Crippen LogP contribution in [0.4, 0.5) is 4.39 Å². The van der Waals surface area contributed by atoms with Gasteiger partial charge in [0.05, 0.1) is 12.1 Å². The van der Waals surface area contributed by atoms with Crippen LogP contribution >= 0.6 is 11.6 Å². The average molecular weight is 310 g/mol. The molecule has 3 nitrogen and oxygen atoms in total. The lowest BCUT2D eigenvalue weighted by Crippen LogP contribution is -2.04. The summed E-state index contributed by atoms with van der Waals surface area (Å²) in [6.45, 7) is 0.649. The third-order valence-electron chi connectivity index (χ3n) is 3.08. The van der Waals surface area contributed by atoms with Gasteiger partial charge in [0, 0.05) is 5.56 Å². The molecule has 0 aromatic heterocycles. The van der Waals surface area contributed by atoms with Crippen molar-refractivity contribution in [3.05, 3.63) is 58.4 Å². The first-order valence-electron chi connectivity index (χ1n) is 6.58. The van der Waals surface area contributed by atoms with Gasteiger partial charge in [-0.25, -0.2) is 4.39 Å². The predicted molar refractivity (Wildman–Crippen MR) is 81.5 cm³/mol. The normalized spacial score (nSPS) is 10.5. The third-order valence-corrected chi connectivity index (χ3v) is 3.37. The Morgan fingerprint density at radius 3 is 2.71 bits per heavy atom. The Morgan fingerprint density at radius 1 is 1.19 bits per heavy atom. The van der Waals surface area contributed by atoms with Gasteiger partial charge in [-0.15, -0.1) is 0 Å². The van der Waals surface area contributed by atoms with Crippen molar-refractivity contribution in [1.82, 2.24) is 0 Å². The molecule has 0 heterocycles. The van der Waals surface area contributed by atoms with E-state index in [1.165, 1.54) is 6.07 Å². The van der Waals surface area contributed by atoms with Gasteiger partial charge in [-0.1, -0.05) is 29.8 Å². The van der Waals surface area contributed by atoms with Crippen LogP contribution in [0.5, 0.6) is 11.5 Å². The molecular formula is C16H17ClFNO2. The zero-order valence-corrected chi connectivity index (χ0v) is 12.5. The highest BCUT2D eigenvalue weighted by Gasteiger charge is 2.10. The lowest BCUT2D eigenvalue weighted by molar-refractivity contribution is 0.279. The van der Waals surface area contributed by atoms with Crippen LogP contribution in [0.25, 0.3) is 0 Å². The maximum absolute atomic E-state index is 13.8. The van der Waals surface area contributed by atoms with Crippen molar-refractivity contribution in [2.24, 2.45) is 5.73 Å². The van der Waals surface area contributed by atoms with Crippen LogP contribution in [0.3, 0.4) is 0 Å². The van der Waals surface area contributed by atoms with Gasteiger partial charge in [0.15, 0.2) is 11.5 Å². The minimum absolute atomic E-state index is 0.0823. The van der Waals surface area contributed by atoms with E-state index in [-0.39, 0.29) is 11.6 Å². The van der Waals surface area contributed by atoms with Crippen molar-refractivity contribution >= 4 is 11.6 Å². The molecule has 0 amide bonds. The number of benzene rings is 2. The van der Waals surface area contributed by atoms with Crippen LogP contribution in [0.15, 0.2) is 36.4 Å². The van der Waals surface area contributed by atoms with Gasteiger partial charge in [-0.3, -0.25) is 0 Å². The van der Waals surface area contributed by atoms with E-state index in [9.17, 15) is 4.39 Å². The summed E-state index contributed by atoms with van der Waals surface area (Å²) < 4.78 is 24.7. The van der Waals surface area contributed by atoms with Gasteiger partial charge in [0.25, 0.3) is 0 Å². The third kappa shape index (κ3) is 3.86. The molecule has 0 aliphatic rings. The molecule has 0 fully saturated rings.